The highest BCUT2D eigenvalue weighted by molar-refractivity contribution is 5.13. The Morgan fingerprint density at radius 2 is 1.94 bits per heavy atom. The standard InChI is InChI=1S/C14H22N2O/c1-2-16-10-8-14(9-11-16)15-17-12-13-6-4-3-5-7-13/h3-7,14-15H,2,8-12H2,1H3. The molecular weight excluding hydrogens is 212 g/mol. The molecule has 1 aliphatic heterocycles. The number of likely N-dealkylation sites (tertiary alicyclic amines) is 1. The van der Waals surface area contributed by atoms with Crippen molar-refractivity contribution >= 4 is 0 Å². The van der Waals surface area contributed by atoms with Crippen molar-refractivity contribution in [3.05, 3.63) is 35.9 Å². The van der Waals surface area contributed by atoms with Crippen LogP contribution in [0.25, 0.3) is 0 Å². The smallest absolute Gasteiger partial charge is 0.0933 e. The van der Waals surface area contributed by atoms with E-state index in [1.807, 2.05) is 18.2 Å². The molecule has 0 spiro atoms. The van der Waals surface area contributed by atoms with E-state index >= 15 is 0 Å². The fraction of sp³-hybridized carbons (Fsp3) is 0.571. The molecule has 0 aliphatic carbocycles. The number of benzene rings is 1. The summed E-state index contributed by atoms with van der Waals surface area (Å²) in [6, 6.07) is 10.8. The lowest BCUT2D eigenvalue weighted by Gasteiger charge is -2.31. The maximum Gasteiger partial charge on any atom is 0.0933 e. The molecule has 3 nitrogen and oxygen atoms in total. The van der Waals surface area contributed by atoms with Crippen LogP contribution in [0.1, 0.15) is 25.3 Å². The number of hydrogen-bond acceptors (Lipinski definition) is 3. The van der Waals surface area contributed by atoms with Gasteiger partial charge in [-0.1, -0.05) is 37.3 Å². The fourth-order valence-corrected chi connectivity index (χ4v) is 2.18. The number of hydrogen-bond donors (Lipinski definition) is 1. The number of hydroxylamine groups is 1. The molecule has 1 saturated heterocycles. The van der Waals surface area contributed by atoms with Crippen LogP contribution in [-0.2, 0) is 11.4 Å². The molecule has 0 bridgehead atoms. The Morgan fingerprint density at radius 3 is 2.59 bits per heavy atom. The van der Waals surface area contributed by atoms with Crippen LogP contribution in [0.2, 0.25) is 0 Å². The summed E-state index contributed by atoms with van der Waals surface area (Å²) in [5.41, 5.74) is 4.40. The third kappa shape index (κ3) is 4.11. The van der Waals surface area contributed by atoms with Crippen LogP contribution in [0, 0.1) is 0 Å². The molecule has 1 heterocycles. The van der Waals surface area contributed by atoms with Crippen molar-refractivity contribution in [3.8, 4) is 0 Å². The average Bonchev–Trinajstić information content (AvgIpc) is 2.41. The highest BCUT2D eigenvalue weighted by atomic mass is 16.6. The molecule has 3 heteroatoms. The maximum atomic E-state index is 5.56. The Bertz CT molecular complexity index is 307. The van der Waals surface area contributed by atoms with Gasteiger partial charge in [0.1, 0.15) is 0 Å². The van der Waals surface area contributed by atoms with Crippen LogP contribution in [-0.4, -0.2) is 30.6 Å². The summed E-state index contributed by atoms with van der Waals surface area (Å²) in [6.07, 6.45) is 2.37. The van der Waals surface area contributed by atoms with E-state index in [1.54, 1.807) is 0 Å². The molecule has 0 aromatic heterocycles. The molecule has 0 unspecified atom stereocenters. The van der Waals surface area contributed by atoms with Gasteiger partial charge in [0.05, 0.1) is 6.61 Å². The Kier molecular flexibility index (Phi) is 4.98. The van der Waals surface area contributed by atoms with Crippen molar-refractivity contribution in [2.75, 3.05) is 19.6 Å². The zero-order valence-corrected chi connectivity index (χ0v) is 10.6. The molecule has 94 valence electrons. The molecule has 0 radical (unpaired) electrons. The van der Waals surface area contributed by atoms with E-state index in [1.165, 1.54) is 31.5 Å². The molecule has 1 aromatic carbocycles. The van der Waals surface area contributed by atoms with Gasteiger partial charge in [-0.05, 0) is 38.0 Å². The molecule has 1 aromatic rings. The first kappa shape index (κ1) is 12.6. The predicted octanol–water partition coefficient (Wildman–Crippen LogP) is 2.19. The summed E-state index contributed by atoms with van der Waals surface area (Å²) in [5.74, 6) is 0. The van der Waals surface area contributed by atoms with E-state index in [0.29, 0.717) is 12.6 Å². The Labute approximate surface area is 104 Å². The van der Waals surface area contributed by atoms with Gasteiger partial charge in [-0.3, -0.25) is 4.84 Å². The Hall–Kier alpha value is -0.900. The van der Waals surface area contributed by atoms with Crippen LogP contribution < -0.4 is 5.48 Å². The van der Waals surface area contributed by atoms with Gasteiger partial charge in [0.25, 0.3) is 0 Å². The predicted molar refractivity (Wildman–Crippen MR) is 69.5 cm³/mol. The lowest BCUT2D eigenvalue weighted by molar-refractivity contribution is -0.0113. The summed E-state index contributed by atoms with van der Waals surface area (Å²) in [4.78, 5) is 8.04. The van der Waals surface area contributed by atoms with Crippen molar-refractivity contribution in [2.24, 2.45) is 0 Å². The van der Waals surface area contributed by atoms with Crippen molar-refractivity contribution in [2.45, 2.75) is 32.4 Å². The minimum atomic E-state index is 0.515. The molecule has 0 saturated carbocycles. The zero-order chi connectivity index (χ0) is 11.9. The lowest BCUT2D eigenvalue weighted by Crippen LogP contribution is -2.42. The minimum absolute atomic E-state index is 0.515. The Morgan fingerprint density at radius 1 is 1.24 bits per heavy atom. The quantitative estimate of drug-likeness (QED) is 0.790. The number of piperidine rings is 1. The van der Waals surface area contributed by atoms with Gasteiger partial charge in [0, 0.05) is 6.04 Å². The van der Waals surface area contributed by atoms with E-state index in [9.17, 15) is 0 Å². The summed E-state index contributed by atoms with van der Waals surface area (Å²) in [7, 11) is 0. The second-order valence-corrected chi connectivity index (χ2v) is 4.60. The van der Waals surface area contributed by atoms with Gasteiger partial charge >= 0.3 is 0 Å². The third-order valence-electron chi connectivity index (χ3n) is 3.37. The summed E-state index contributed by atoms with van der Waals surface area (Å²) >= 11 is 0. The molecule has 17 heavy (non-hydrogen) atoms. The van der Waals surface area contributed by atoms with Gasteiger partial charge in [0.2, 0.25) is 0 Å². The second-order valence-electron chi connectivity index (χ2n) is 4.60. The second kappa shape index (κ2) is 6.74. The number of rotatable bonds is 5. The van der Waals surface area contributed by atoms with E-state index in [0.717, 1.165) is 6.54 Å². The van der Waals surface area contributed by atoms with Gasteiger partial charge in [0.15, 0.2) is 0 Å². The van der Waals surface area contributed by atoms with Crippen molar-refractivity contribution in [1.82, 2.24) is 10.4 Å². The number of nitrogens with one attached hydrogen (secondary N) is 1. The maximum absolute atomic E-state index is 5.56. The summed E-state index contributed by atoms with van der Waals surface area (Å²) < 4.78 is 0. The molecular formula is C14H22N2O. The zero-order valence-electron chi connectivity index (χ0n) is 10.6. The normalized spacial score (nSPS) is 18.4. The molecule has 2 rings (SSSR count). The van der Waals surface area contributed by atoms with Crippen molar-refractivity contribution in [1.29, 1.82) is 0 Å². The molecule has 1 fully saturated rings. The first-order chi connectivity index (χ1) is 8.38. The van der Waals surface area contributed by atoms with Crippen LogP contribution in [0.5, 0.6) is 0 Å². The highest BCUT2D eigenvalue weighted by Crippen LogP contribution is 2.10. The number of nitrogens with zero attached hydrogens (tertiary/aromatic N) is 1. The average molecular weight is 234 g/mol. The van der Waals surface area contributed by atoms with Crippen LogP contribution in [0.3, 0.4) is 0 Å². The van der Waals surface area contributed by atoms with E-state index in [4.69, 9.17) is 4.84 Å². The van der Waals surface area contributed by atoms with Gasteiger partial charge in [-0.15, -0.1) is 0 Å². The summed E-state index contributed by atoms with van der Waals surface area (Å²) in [6.45, 7) is 6.40. The third-order valence-corrected chi connectivity index (χ3v) is 3.37. The molecule has 1 aliphatic rings. The summed E-state index contributed by atoms with van der Waals surface area (Å²) in [5, 5.41) is 0. The van der Waals surface area contributed by atoms with Crippen molar-refractivity contribution in [3.63, 3.8) is 0 Å². The molecule has 0 atom stereocenters. The monoisotopic (exact) mass is 234 g/mol. The first-order valence-electron chi connectivity index (χ1n) is 6.52. The minimum Gasteiger partial charge on any atom is -0.303 e. The largest absolute Gasteiger partial charge is 0.303 e. The van der Waals surface area contributed by atoms with E-state index in [2.05, 4.69) is 29.4 Å². The van der Waals surface area contributed by atoms with Crippen LogP contribution >= 0.6 is 0 Å². The van der Waals surface area contributed by atoms with E-state index < -0.39 is 0 Å². The highest BCUT2D eigenvalue weighted by Gasteiger charge is 2.17. The van der Waals surface area contributed by atoms with Gasteiger partial charge < -0.3 is 4.90 Å². The lowest BCUT2D eigenvalue weighted by atomic mass is 10.1. The van der Waals surface area contributed by atoms with Crippen LogP contribution in [0.4, 0.5) is 0 Å². The van der Waals surface area contributed by atoms with Crippen LogP contribution in [0.15, 0.2) is 30.3 Å². The Balaban J connectivity index is 1.63. The fourth-order valence-electron chi connectivity index (χ4n) is 2.18. The van der Waals surface area contributed by atoms with Gasteiger partial charge in [-0.2, -0.15) is 5.48 Å². The molecule has 0 amide bonds. The van der Waals surface area contributed by atoms with Gasteiger partial charge in [-0.25, -0.2) is 0 Å². The topological polar surface area (TPSA) is 24.5 Å². The van der Waals surface area contributed by atoms with E-state index in [-0.39, 0.29) is 0 Å². The first-order valence-corrected chi connectivity index (χ1v) is 6.52. The SMILES string of the molecule is CCN1CCC(NOCc2ccccc2)CC1. The van der Waals surface area contributed by atoms with Crippen molar-refractivity contribution < 1.29 is 4.84 Å². The molecule has 1 N–H and O–H groups in total.